The van der Waals surface area contributed by atoms with Crippen molar-refractivity contribution in [3.05, 3.63) is 11.3 Å². The molecule has 5 nitrogen and oxygen atoms in total. The van der Waals surface area contributed by atoms with Gasteiger partial charge >= 0.3 is 0 Å². The van der Waals surface area contributed by atoms with Crippen LogP contribution in [0.2, 0.25) is 0 Å². The molecule has 19 heavy (non-hydrogen) atoms. The number of methoxy groups -OCH3 is 1. The summed E-state index contributed by atoms with van der Waals surface area (Å²) in [4.78, 5) is 2.51. The first kappa shape index (κ1) is 14.3. The Kier molecular flexibility index (Phi) is 4.82. The van der Waals surface area contributed by atoms with Gasteiger partial charge < -0.3 is 15.0 Å². The molecule has 0 spiro atoms. The molecule has 2 heterocycles. The third-order valence-electron chi connectivity index (χ3n) is 4.08. The quantitative estimate of drug-likeness (QED) is 0.872. The molecule has 0 bridgehead atoms. The summed E-state index contributed by atoms with van der Waals surface area (Å²) in [6.07, 6.45) is 2.46. The van der Waals surface area contributed by atoms with E-state index in [1.54, 1.807) is 7.11 Å². The molecule has 0 amide bonds. The third-order valence-corrected chi connectivity index (χ3v) is 4.08. The standard InChI is InChI=1S/C14H26N4O/c1-5-18-8-6-12(7-9-18)15-10-13-11(2)16-17(3)14(13)19-4/h12,15H,5-10H2,1-4H3. The Bertz CT molecular complexity index is 408. The number of hydrogen-bond acceptors (Lipinski definition) is 4. The van der Waals surface area contributed by atoms with Gasteiger partial charge in [0.25, 0.3) is 0 Å². The first-order chi connectivity index (χ1) is 9.15. The Morgan fingerprint density at radius 1 is 1.37 bits per heavy atom. The van der Waals surface area contributed by atoms with E-state index >= 15 is 0 Å². The molecule has 0 radical (unpaired) electrons. The molecule has 5 heteroatoms. The Morgan fingerprint density at radius 3 is 2.63 bits per heavy atom. The van der Waals surface area contributed by atoms with Gasteiger partial charge in [0.15, 0.2) is 0 Å². The maximum atomic E-state index is 5.42. The number of aryl methyl sites for hydroxylation is 2. The minimum Gasteiger partial charge on any atom is -0.481 e. The van der Waals surface area contributed by atoms with Gasteiger partial charge in [0.2, 0.25) is 5.88 Å². The predicted molar refractivity (Wildman–Crippen MR) is 76.5 cm³/mol. The molecule has 1 fully saturated rings. The minimum atomic E-state index is 0.618. The summed E-state index contributed by atoms with van der Waals surface area (Å²) in [5.41, 5.74) is 2.24. The van der Waals surface area contributed by atoms with Crippen LogP contribution in [0.25, 0.3) is 0 Å². The molecule has 0 unspecified atom stereocenters. The number of ether oxygens (including phenoxy) is 1. The SMILES string of the molecule is CCN1CCC(NCc2c(C)nn(C)c2OC)CC1. The lowest BCUT2D eigenvalue weighted by Crippen LogP contribution is -2.42. The summed E-state index contributed by atoms with van der Waals surface area (Å²) in [6.45, 7) is 8.70. The number of aromatic nitrogens is 2. The number of nitrogens with one attached hydrogen (secondary N) is 1. The topological polar surface area (TPSA) is 42.3 Å². The molecule has 108 valence electrons. The first-order valence-corrected chi connectivity index (χ1v) is 7.17. The summed E-state index contributed by atoms with van der Waals surface area (Å²) >= 11 is 0. The van der Waals surface area contributed by atoms with Crippen LogP contribution in [-0.4, -0.2) is 47.5 Å². The summed E-state index contributed by atoms with van der Waals surface area (Å²) < 4.78 is 7.24. The highest BCUT2D eigenvalue weighted by Crippen LogP contribution is 2.21. The van der Waals surface area contributed by atoms with E-state index in [4.69, 9.17) is 4.74 Å². The van der Waals surface area contributed by atoms with Gasteiger partial charge in [-0.2, -0.15) is 5.10 Å². The molecule has 1 saturated heterocycles. The van der Waals surface area contributed by atoms with E-state index in [9.17, 15) is 0 Å². The van der Waals surface area contributed by atoms with E-state index in [1.807, 2.05) is 18.7 Å². The fraction of sp³-hybridized carbons (Fsp3) is 0.786. The highest BCUT2D eigenvalue weighted by atomic mass is 16.5. The normalized spacial score (nSPS) is 17.9. The molecule has 1 N–H and O–H groups in total. The van der Waals surface area contributed by atoms with Gasteiger partial charge in [-0.1, -0.05) is 6.92 Å². The van der Waals surface area contributed by atoms with Gasteiger partial charge in [-0.25, -0.2) is 4.68 Å². The van der Waals surface area contributed by atoms with Crippen LogP contribution < -0.4 is 10.1 Å². The summed E-state index contributed by atoms with van der Waals surface area (Å²) in [7, 11) is 3.63. The summed E-state index contributed by atoms with van der Waals surface area (Å²) in [6, 6.07) is 0.618. The molecule has 1 aromatic heterocycles. The minimum absolute atomic E-state index is 0.618. The Morgan fingerprint density at radius 2 is 2.05 bits per heavy atom. The zero-order chi connectivity index (χ0) is 13.8. The maximum Gasteiger partial charge on any atom is 0.216 e. The average Bonchev–Trinajstić information content (AvgIpc) is 2.70. The highest BCUT2D eigenvalue weighted by Gasteiger charge is 2.19. The van der Waals surface area contributed by atoms with Gasteiger partial charge in [0, 0.05) is 19.6 Å². The summed E-state index contributed by atoms with van der Waals surface area (Å²) in [5.74, 6) is 0.871. The van der Waals surface area contributed by atoms with Crippen LogP contribution in [0.5, 0.6) is 5.88 Å². The van der Waals surface area contributed by atoms with Crippen molar-refractivity contribution in [2.45, 2.75) is 39.3 Å². The maximum absolute atomic E-state index is 5.42. The second kappa shape index (κ2) is 6.39. The fourth-order valence-electron chi connectivity index (χ4n) is 2.84. The zero-order valence-corrected chi connectivity index (χ0v) is 12.6. The number of piperidine rings is 1. The molecular formula is C14H26N4O. The van der Waals surface area contributed by atoms with E-state index in [0.29, 0.717) is 6.04 Å². The van der Waals surface area contributed by atoms with Crippen molar-refractivity contribution < 1.29 is 4.74 Å². The first-order valence-electron chi connectivity index (χ1n) is 7.17. The number of likely N-dealkylation sites (tertiary alicyclic amines) is 1. The fourth-order valence-corrected chi connectivity index (χ4v) is 2.84. The number of rotatable bonds is 5. The van der Waals surface area contributed by atoms with Crippen molar-refractivity contribution in [3.8, 4) is 5.88 Å². The Labute approximate surface area is 115 Å². The van der Waals surface area contributed by atoms with E-state index < -0.39 is 0 Å². The van der Waals surface area contributed by atoms with Gasteiger partial charge in [-0.15, -0.1) is 0 Å². The van der Waals surface area contributed by atoms with Crippen molar-refractivity contribution >= 4 is 0 Å². The zero-order valence-electron chi connectivity index (χ0n) is 12.6. The highest BCUT2D eigenvalue weighted by molar-refractivity contribution is 5.30. The molecule has 2 rings (SSSR count). The van der Waals surface area contributed by atoms with Gasteiger partial charge in [-0.05, 0) is 39.4 Å². The molecule has 0 aromatic carbocycles. The lowest BCUT2D eigenvalue weighted by atomic mass is 10.0. The van der Waals surface area contributed by atoms with Gasteiger partial charge in [0.05, 0.1) is 18.4 Å². The van der Waals surface area contributed by atoms with Crippen LogP contribution in [0.15, 0.2) is 0 Å². The van der Waals surface area contributed by atoms with Crippen molar-refractivity contribution in [2.75, 3.05) is 26.7 Å². The summed E-state index contributed by atoms with van der Waals surface area (Å²) in [5, 5.41) is 8.07. The van der Waals surface area contributed by atoms with Crippen LogP contribution in [0.4, 0.5) is 0 Å². The van der Waals surface area contributed by atoms with Crippen molar-refractivity contribution in [1.82, 2.24) is 20.0 Å². The monoisotopic (exact) mass is 266 g/mol. The molecule has 0 saturated carbocycles. The van der Waals surface area contributed by atoms with E-state index in [-0.39, 0.29) is 0 Å². The Hall–Kier alpha value is -1.07. The molecule has 0 aliphatic carbocycles. The van der Waals surface area contributed by atoms with Crippen molar-refractivity contribution in [3.63, 3.8) is 0 Å². The Balaban J connectivity index is 1.89. The molecule has 1 aromatic rings. The largest absolute Gasteiger partial charge is 0.481 e. The van der Waals surface area contributed by atoms with Gasteiger partial charge in [-0.3, -0.25) is 0 Å². The third kappa shape index (κ3) is 3.28. The molecular weight excluding hydrogens is 240 g/mol. The predicted octanol–water partition coefficient (Wildman–Crippen LogP) is 1.31. The van der Waals surface area contributed by atoms with E-state index in [0.717, 1.165) is 18.1 Å². The lowest BCUT2D eigenvalue weighted by Gasteiger charge is -2.31. The number of nitrogens with zero attached hydrogens (tertiary/aromatic N) is 3. The average molecular weight is 266 g/mol. The number of hydrogen-bond donors (Lipinski definition) is 1. The van der Waals surface area contributed by atoms with Crippen molar-refractivity contribution in [2.24, 2.45) is 7.05 Å². The van der Waals surface area contributed by atoms with Gasteiger partial charge in [0.1, 0.15) is 0 Å². The van der Waals surface area contributed by atoms with Crippen LogP contribution in [0.3, 0.4) is 0 Å². The van der Waals surface area contributed by atoms with Crippen LogP contribution >= 0.6 is 0 Å². The van der Waals surface area contributed by atoms with Crippen LogP contribution in [0.1, 0.15) is 31.0 Å². The lowest BCUT2D eigenvalue weighted by molar-refractivity contribution is 0.205. The molecule has 1 aliphatic heterocycles. The molecule has 1 aliphatic rings. The van der Waals surface area contributed by atoms with Crippen molar-refractivity contribution in [1.29, 1.82) is 0 Å². The smallest absolute Gasteiger partial charge is 0.216 e. The van der Waals surface area contributed by atoms with Crippen LogP contribution in [-0.2, 0) is 13.6 Å². The van der Waals surface area contributed by atoms with E-state index in [2.05, 4.69) is 22.2 Å². The van der Waals surface area contributed by atoms with Crippen LogP contribution in [0, 0.1) is 6.92 Å². The second-order valence-electron chi connectivity index (χ2n) is 5.29. The second-order valence-corrected chi connectivity index (χ2v) is 5.29. The van der Waals surface area contributed by atoms with E-state index in [1.165, 1.54) is 38.0 Å². The molecule has 0 atom stereocenters.